The predicted octanol–water partition coefficient (Wildman–Crippen LogP) is 1.13. The Morgan fingerprint density at radius 1 is 1.35 bits per heavy atom. The van der Waals surface area contributed by atoms with Crippen LogP contribution in [0.1, 0.15) is 5.56 Å². The maximum Gasteiger partial charge on any atom is 0.321 e. The number of hydrogen-bond acceptors (Lipinski definition) is 3. The summed E-state index contributed by atoms with van der Waals surface area (Å²) < 4.78 is 0. The average molecular weight is 232 g/mol. The number of rotatable bonds is 2. The molecule has 0 saturated carbocycles. The first-order valence-electron chi connectivity index (χ1n) is 5.54. The van der Waals surface area contributed by atoms with E-state index < -0.39 is 0 Å². The van der Waals surface area contributed by atoms with Gasteiger partial charge in [0, 0.05) is 31.9 Å². The van der Waals surface area contributed by atoms with Crippen LogP contribution >= 0.6 is 0 Å². The first-order chi connectivity index (χ1) is 8.16. The molecule has 0 saturated heterocycles. The summed E-state index contributed by atoms with van der Waals surface area (Å²) in [6.45, 7) is 1.73. The molecule has 2 amide bonds. The number of benzene rings is 1. The molecule has 0 spiro atoms. The van der Waals surface area contributed by atoms with E-state index in [9.17, 15) is 4.79 Å². The first kappa shape index (κ1) is 11.4. The Hall–Kier alpha value is -2.04. The molecule has 0 aromatic heterocycles. The largest absolute Gasteiger partial charge is 0.368 e. The lowest BCUT2D eigenvalue weighted by Gasteiger charge is -2.12. The first-order valence-corrected chi connectivity index (χ1v) is 5.54. The molecule has 1 heterocycles. The van der Waals surface area contributed by atoms with Gasteiger partial charge in [-0.1, -0.05) is 0 Å². The summed E-state index contributed by atoms with van der Waals surface area (Å²) in [5.41, 5.74) is 1.83. The minimum atomic E-state index is -0.130. The van der Waals surface area contributed by atoms with Crippen molar-refractivity contribution in [2.45, 2.75) is 0 Å². The number of carbonyl (C=O) groups is 1. The monoisotopic (exact) mass is 232 g/mol. The molecule has 5 nitrogen and oxygen atoms in total. The normalized spacial score (nSPS) is 13.9. The van der Waals surface area contributed by atoms with Gasteiger partial charge in [0.25, 0.3) is 0 Å². The standard InChI is InChI=1S/C12H16N4O/c1-16(2)12(17)15-10-5-3-9(4-6-10)11-13-7-8-14-11/h3-6H,7-8H2,1-2H3,(H,13,14)(H,15,17). The maximum atomic E-state index is 11.4. The highest BCUT2D eigenvalue weighted by Gasteiger charge is 2.08. The SMILES string of the molecule is CN(C)C(=O)Nc1ccc(C2=NCCN2)cc1. The number of nitrogens with zero attached hydrogens (tertiary/aromatic N) is 2. The van der Waals surface area contributed by atoms with Gasteiger partial charge in [0.2, 0.25) is 0 Å². The lowest BCUT2D eigenvalue weighted by molar-refractivity contribution is 0.230. The number of amidine groups is 1. The fourth-order valence-corrected chi connectivity index (χ4v) is 1.54. The molecule has 90 valence electrons. The highest BCUT2D eigenvalue weighted by Crippen LogP contribution is 2.11. The van der Waals surface area contributed by atoms with Crippen LogP contribution in [-0.4, -0.2) is 44.0 Å². The zero-order valence-electron chi connectivity index (χ0n) is 10.0. The van der Waals surface area contributed by atoms with Crippen molar-refractivity contribution in [3.05, 3.63) is 29.8 Å². The van der Waals surface area contributed by atoms with Gasteiger partial charge in [-0.25, -0.2) is 4.79 Å². The van der Waals surface area contributed by atoms with E-state index in [2.05, 4.69) is 15.6 Å². The van der Waals surface area contributed by atoms with Crippen molar-refractivity contribution in [2.24, 2.45) is 4.99 Å². The maximum absolute atomic E-state index is 11.4. The number of carbonyl (C=O) groups excluding carboxylic acids is 1. The minimum absolute atomic E-state index is 0.130. The number of amides is 2. The van der Waals surface area contributed by atoms with Crippen molar-refractivity contribution in [1.82, 2.24) is 10.2 Å². The van der Waals surface area contributed by atoms with Crippen molar-refractivity contribution in [2.75, 3.05) is 32.5 Å². The van der Waals surface area contributed by atoms with Crippen LogP contribution in [0.4, 0.5) is 10.5 Å². The highest BCUT2D eigenvalue weighted by atomic mass is 16.2. The van der Waals surface area contributed by atoms with Gasteiger partial charge in [-0.2, -0.15) is 0 Å². The van der Waals surface area contributed by atoms with Crippen LogP contribution in [0.15, 0.2) is 29.3 Å². The average Bonchev–Trinajstić information content (AvgIpc) is 2.83. The Morgan fingerprint density at radius 3 is 2.59 bits per heavy atom. The van der Waals surface area contributed by atoms with E-state index in [1.165, 1.54) is 4.90 Å². The summed E-state index contributed by atoms with van der Waals surface area (Å²) in [5.74, 6) is 0.926. The number of nitrogens with one attached hydrogen (secondary N) is 2. The molecular weight excluding hydrogens is 216 g/mol. The second kappa shape index (κ2) is 4.86. The van der Waals surface area contributed by atoms with E-state index in [4.69, 9.17) is 0 Å². The summed E-state index contributed by atoms with van der Waals surface area (Å²) >= 11 is 0. The van der Waals surface area contributed by atoms with Gasteiger partial charge in [-0.3, -0.25) is 4.99 Å². The molecule has 1 aromatic carbocycles. The van der Waals surface area contributed by atoms with Gasteiger partial charge in [0.15, 0.2) is 0 Å². The van der Waals surface area contributed by atoms with Crippen molar-refractivity contribution in [3.8, 4) is 0 Å². The van der Waals surface area contributed by atoms with Gasteiger partial charge in [0.05, 0.1) is 6.54 Å². The number of urea groups is 1. The van der Waals surface area contributed by atoms with E-state index >= 15 is 0 Å². The molecule has 2 rings (SSSR count). The lowest BCUT2D eigenvalue weighted by atomic mass is 10.2. The molecule has 0 radical (unpaired) electrons. The molecule has 1 aliphatic heterocycles. The van der Waals surface area contributed by atoms with E-state index in [1.54, 1.807) is 14.1 Å². The molecule has 0 unspecified atom stereocenters. The zero-order chi connectivity index (χ0) is 12.3. The smallest absolute Gasteiger partial charge is 0.321 e. The minimum Gasteiger partial charge on any atom is -0.368 e. The molecule has 0 aliphatic carbocycles. The third kappa shape index (κ3) is 2.75. The molecule has 1 aromatic rings. The Morgan fingerprint density at radius 2 is 2.06 bits per heavy atom. The quantitative estimate of drug-likeness (QED) is 0.803. The van der Waals surface area contributed by atoms with E-state index in [-0.39, 0.29) is 6.03 Å². The summed E-state index contributed by atoms with van der Waals surface area (Å²) in [6.07, 6.45) is 0. The van der Waals surface area contributed by atoms with Crippen molar-refractivity contribution in [3.63, 3.8) is 0 Å². The lowest BCUT2D eigenvalue weighted by Crippen LogP contribution is -2.27. The van der Waals surface area contributed by atoms with E-state index in [0.29, 0.717) is 0 Å². The predicted molar refractivity (Wildman–Crippen MR) is 68.6 cm³/mol. The highest BCUT2D eigenvalue weighted by molar-refractivity contribution is 6.00. The molecule has 0 bridgehead atoms. The van der Waals surface area contributed by atoms with Crippen LogP contribution in [0.3, 0.4) is 0 Å². The summed E-state index contributed by atoms with van der Waals surface area (Å²) in [5, 5.41) is 5.99. The third-order valence-electron chi connectivity index (χ3n) is 2.49. The van der Waals surface area contributed by atoms with Crippen LogP contribution in [0, 0.1) is 0 Å². The van der Waals surface area contributed by atoms with Crippen LogP contribution in [0.5, 0.6) is 0 Å². The van der Waals surface area contributed by atoms with Crippen LogP contribution in [0.25, 0.3) is 0 Å². The second-order valence-electron chi connectivity index (χ2n) is 4.06. The molecular formula is C12H16N4O. The van der Waals surface area contributed by atoms with Gasteiger partial charge in [-0.15, -0.1) is 0 Å². The van der Waals surface area contributed by atoms with Gasteiger partial charge in [-0.05, 0) is 24.3 Å². The Kier molecular flexibility index (Phi) is 3.27. The molecule has 2 N–H and O–H groups in total. The number of aliphatic imine (C=N–C) groups is 1. The Labute approximate surface area is 101 Å². The van der Waals surface area contributed by atoms with Crippen molar-refractivity contribution in [1.29, 1.82) is 0 Å². The summed E-state index contributed by atoms with van der Waals surface area (Å²) in [4.78, 5) is 17.3. The Bertz CT molecular complexity index is 436. The number of hydrogen-bond donors (Lipinski definition) is 2. The fraction of sp³-hybridized carbons (Fsp3) is 0.333. The van der Waals surface area contributed by atoms with Crippen molar-refractivity contribution >= 4 is 17.6 Å². The van der Waals surface area contributed by atoms with Crippen LogP contribution < -0.4 is 10.6 Å². The Balaban J connectivity index is 2.05. The van der Waals surface area contributed by atoms with Crippen LogP contribution in [0.2, 0.25) is 0 Å². The van der Waals surface area contributed by atoms with Gasteiger partial charge < -0.3 is 15.5 Å². The summed E-state index contributed by atoms with van der Waals surface area (Å²) in [7, 11) is 3.42. The van der Waals surface area contributed by atoms with Gasteiger partial charge >= 0.3 is 6.03 Å². The van der Waals surface area contributed by atoms with E-state index in [1.807, 2.05) is 24.3 Å². The zero-order valence-corrected chi connectivity index (χ0v) is 10.0. The second-order valence-corrected chi connectivity index (χ2v) is 4.06. The molecule has 0 atom stereocenters. The van der Waals surface area contributed by atoms with Crippen LogP contribution in [-0.2, 0) is 0 Å². The van der Waals surface area contributed by atoms with E-state index in [0.717, 1.165) is 30.2 Å². The molecule has 1 aliphatic rings. The number of anilines is 1. The van der Waals surface area contributed by atoms with Crippen molar-refractivity contribution < 1.29 is 4.79 Å². The molecule has 5 heteroatoms. The molecule has 0 fully saturated rings. The fourth-order valence-electron chi connectivity index (χ4n) is 1.54. The third-order valence-corrected chi connectivity index (χ3v) is 2.49. The van der Waals surface area contributed by atoms with Gasteiger partial charge in [0.1, 0.15) is 5.84 Å². The topological polar surface area (TPSA) is 56.7 Å². The summed E-state index contributed by atoms with van der Waals surface area (Å²) in [6, 6.07) is 7.51. The molecule has 17 heavy (non-hydrogen) atoms.